The maximum atomic E-state index is 13.6. The fourth-order valence-electron chi connectivity index (χ4n) is 3.92. The molecule has 0 amide bonds. The molecule has 2 aliphatic heterocycles. The molecule has 5 heteroatoms. The van der Waals surface area contributed by atoms with Crippen LogP contribution in [0.25, 0.3) is 0 Å². The lowest BCUT2D eigenvalue weighted by Gasteiger charge is -2.33. The van der Waals surface area contributed by atoms with Crippen LogP contribution >= 0.6 is 0 Å². The molecular formula is C22H23FN2O2. The molecule has 2 aliphatic rings. The first-order valence-corrected chi connectivity index (χ1v) is 9.42. The Morgan fingerprint density at radius 2 is 1.89 bits per heavy atom. The second-order valence-electron chi connectivity index (χ2n) is 7.44. The molecule has 0 aliphatic carbocycles. The van der Waals surface area contributed by atoms with Crippen molar-refractivity contribution in [1.82, 2.24) is 0 Å². The van der Waals surface area contributed by atoms with E-state index in [1.54, 1.807) is 6.92 Å². The number of halogens is 1. The SMILES string of the molecule is Cc1cc(F)cc2c1N=C(c1ccc(N3CCC(CO)CC3)cc1)CC2=O. The molecule has 0 bridgehead atoms. The number of anilines is 1. The van der Waals surface area contributed by atoms with Crippen LogP contribution in [0.4, 0.5) is 15.8 Å². The number of fused-ring (bicyclic) bond motifs is 1. The van der Waals surface area contributed by atoms with Crippen molar-refractivity contribution in [3.05, 3.63) is 58.9 Å². The fraction of sp³-hybridized carbons (Fsp3) is 0.364. The van der Waals surface area contributed by atoms with Crippen molar-refractivity contribution >= 4 is 22.9 Å². The number of rotatable bonds is 3. The molecule has 4 nitrogen and oxygen atoms in total. The van der Waals surface area contributed by atoms with Crippen LogP contribution in [-0.2, 0) is 0 Å². The van der Waals surface area contributed by atoms with Crippen molar-refractivity contribution < 1.29 is 14.3 Å². The quantitative estimate of drug-likeness (QED) is 0.892. The van der Waals surface area contributed by atoms with Crippen LogP contribution in [0.2, 0.25) is 0 Å². The summed E-state index contributed by atoms with van der Waals surface area (Å²) in [5, 5.41) is 9.27. The predicted octanol–water partition coefficient (Wildman–Crippen LogP) is 4.05. The van der Waals surface area contributed by atoms with Crippen molar-refractivity contribution in [3.63, 3.8) is 0 Å². The van der Waals surface area contributed by atoms with Gasteiger partial charge >= 0.3 is 0 Å². The molecule has 2 aromatic rings. The van der Waals surface area contributed by atoms with Gasteiger partial charge in [-0.2, -0.15) is 0 Å². The molecule has 0 radical (unpaired) electrons. The number of hydrogen-bond acceptors (Lipinski definition) is 4. The number of aryl methyl sites for hydroxylation is 1. The largest absolute Gasteiger partial charge is 0.396 e. The van der Waals surface area contributed by atoms with E-state index < -0.39 is 5.82 Å². The lowest BCUT2D eigenvalue weighted by molar-refractivity contribution is 0.0999. The summed E-state index contributed by atoms with van der Waals surface area (Å²) in [5.74, 6) is -0.0726. The molecule has 0 unspecified atom stereocenters. The van der Waals surface area contributed by atoms with E-state index in [0.717, 1.165) is 42.9 Å². The van der Waals surface area contributed by atoms with E-state index in [9.17, 15) is 14.3 Å². The summed E-state index contributed by atoms with van der Waals surface area (Å²) in [7, 11) is 0. The third kappa shape index (κ3) is 3.52. The molecular weight excluding hydrogens is 343 g/mol. The second-order valence-corrected chi connectivity index (χ2v) is 7.44. The third-order valence-corrected chi connectivity index (χ3v) is 5.58. The Morgan fingerprint density at radius 1 is 1.19 bits per heavy atom. The van der Waals surface area contributed by atoms with Crippen molar-refractivity contribution in [2.45, 2.75) is 26.2 Å². The van der Waals surface area contributed by atoms with E-state index in [1.807, 2.05) is 12.1 Å². The first-order valence-electron chi connectivity index (χ1n) is 9.42. The van der Waals surface area contributed by atoms with Crippen LogP contribution in [0, 0.1) is 18.7 Å². The summed E-state index contributed by atoms with van der Waals surface area (Å²) in [4.78, 5) is 19.5. The van der Waals surface area contributed by atoms with Gasteiger partial charge in [-0.25, -0.2) is 4.39 Å². The first kappa shape index (κ1) is 17.9. The normalized spacial score (nSPS) is 17.7. The Labute approximate surface area is 158 Å². The predicted molar refractivity (Wildman–Crippen MR) is 105 cm³/mol. The van der Waals surface area contributed by atoms with Gasteiger partial charge in [-0.1, -0.05) is 12.1 Å². The zero-order chi connectivity index (χ0) is 19.0. The molecule has 2 aromatic carbocycles. The van der Waals surface area contributed by atoms with Crippen LogP contribution < -0.4 is 4.90 Å². The fourth-order valence-corrected chi connectivity index (χ4v) is 3.92. The topological polar surface area (TPSA) is 52.9 Å². The molecule has 140 valence electrons. The van der Waals surface area contributed by atoms with Crippen molar-refractivity contribution in [2.24, 2.45) is 10.9 Å². The Hall–Kier alpha value is -2.53. The third-order valence-electron chi connectivity index (χ3n) is 5.58. The highest BCUT2D eigenvalue weighted by Gasteiger charge is 2.24. The summed E-state index contributed by atoms with van der Waals surface area (Å²) >= 11 is 0. The maximum Gasteiger partial charge on any atom is 0.171 e. The summed E-state index contributed by atoms with van der Waals surface area (Å²) in [6, 6.07) is 10.8. The van der Waals surface area contributed by atoms with Crippen molar-refractivity contribution in [3.8, 4) is 0 Å². The number of aliphatic imine (C=N–C) groups is 1. The second kappa shape index (κ2) is 7.24. The number of Topliss-reactive ketones (excluding diaryl/α,β-unsaturated/α-hetero) is 1. The number of nitrogens with zero attached hydrogens (tertiary/aromatic N) is 2. The van der Waals surface area contributed by atoms with E-state index in [2.05, 4.69) is 22.0 Å². The highest BCUT2D eigenvalue weighted by atomic mass is 19.1. The van der Waals surface area contributed by atoms with Gasteiger partial charge in [0.15, 0.2) is 5.78 Å². The summed E-state index contributed by atoms with van der Waals surface area (Å²) in [6.45, 7) is 3.94. The molecule has 1 N–H and O–H groups in total. The lowest BCUT2D eigenvalue weighted by atomic mass is 9.94. The highest BCUT2D eigenvalue weighted by Crippen LogP contribution is 2.32. The molecule has 0 spiro atoms. The van der Waals surface area contributed by atoms with Gasteiger partial charge in [0.25, 0.3) is 0 Å². The monoisotopic (exact) mass is 366 g/mol. The Balaban J connectivity index is 1.57. The van der Waals surface area contributed by atoms with Gasteiger partial charge in [-0.05, 0) is 61.1 Å². The van der Waals surface area contributed by atoms with E-state index >= 15 is 0 Å². The number of piperidine rings is 1. The van der Waals surface area contributed by atoms with Crippen LogP contribution in [0.15, 0.2) is 41.4 Å². The molecule has 2 heterocycles. The maximum absolute atomic E-state index is 13.6. The van der Waals surface area contributed by atoms with Gasteiger partial charge in [-0.3, -0.25) is 9.79 Å². The van der Waals surface area contributed by atoms with Gasteiger partial charge in [0.2, 0.25) is 0 Å². The number of aliphatic hydroxyl groups is 1. The molecule has 1 fully saturated rings. The summed E-state index contributed by atoms with van der Waals surface area (Å²) in [5.41, 5.74) is 4.44. The highest BCUT2D eigenvalue weighted by molar-refractivity contribution is 6.21. The van der Waals surface area contributed by atoms with Crippen molar-refractivity contribution in [2.75, 3.05) is 24.6 Å². The zero-order valence-electron chi connectivity index (χ0n) is 15.4. The van der Waals surface area contributed by atoms with Gasteiger partial charge < -0.3 is 10.0 Å². The van der Waals surface area contributed by atoms with Crippen LogP contribution in [-0.4, -0.2) is 36.3 Å². The molecule has 0 aromatic heterocycles. The van der Waals surface area contributed by atoms with Gasteiger partial charge in [-0.15, -0.1) is 0 Å². The number of hydrogen-bond donors (Lipinski definition) is 1. The zero-order valence-corrected chi connectivity index (χ0v) is 15.4. The minimum atomic E-state index is -0.396. The molecule has 0 saturated carbocycles. The summed E-state index contributed by atoms with van der Waals surface area (Å²) < 4.78 is 13.6. The minimum Gasteiger partial charge on any atom is -0.396 e. The van der Waals surface area contributed by atoms with E-state index in [0.29, 0.717) is 22.7 Å². The van der Waals surface area contributed by atoms with Crippen LogP contribution in [0.1, 0.15) is 40.7 Å². The Morgan fingerprint density at radius 3 is 2.56 bits per heavy atom. The van der Waals surface area contributed by atoms with Gasteiger partial charge in [0.1, 0.15) is 5.82 Å². The van der Waals surface area contributed by atoms with E-state index in [4.69, 9.17) is 0 Å². The summed E-state index contributed by atoms with van der Waals surface area (Å²) in [6.07, 6.45) is 2.20. The molecule has 4 rings (SSSR count). The molecule has 27 heavy (non-hydrogen) atoms. The van der Waals surface area contributed by atoms with Gasteiger partial charge in [0.05, 0.1) is 17.8 Å². The van der Waals surface area contributed by atoms with Crippen LogP contribution in [0.5, 0.6) is 0 Å². The van der Waals surface area contributed by atoms with Crippen LogP contribution in [0.3, 0.4) is 0 Å². The number of aliphatic hydroxyl groups excluding tert-OH is 1. The number of carbonyl (C=O) groups is 1. The molecule has 1 saturated heterocycles. The lowest BCUT2D eigenvalue weighted by Crippen LogP contribution is -2.34. The number of benzene rings is 2. The first-order chi connectivity index (χ1) is 13.0. The van der Waals surface area contributed by atoms with Gasteiger partial charge in [0, 0.05) is 30.9 Å². The van der Waals surface area contributed by atoms with Crippen molar-refractivity contribution in [1.29, 1.82) is 0 Å². The minimum absolute atomic E-state index is 0.0900. The standard InChI is InChI=1S/C22H23FN2O2/c1-14-10-17(23)11-19-21(27)12-20(24-22(14)19)16-2-4-18(5-3-16)25-8-6-15(13-26)7-9-25/h2-5,10-11,15,26H,6-9,12-13H2,1H3. The Kier molecular flexibility index (Phi) is 4.79. The number of ketones is 1. The average molecular weight is 366 g/mol. The van der Waals surface area contributed by atoms with E-state index in [-0.39, 0.29) is 18.8 Å². The average Bonchev–Trinajstić information content (AvgIpc) is 2.69. The smallest absolute Gasteiger partial charge is 0.171 e. The Bertz CT molecular complexity index is 897. The number of carbonyl (C=O) groups excluding carboxylic acids is 1. The molecule has 0 atom stereocenters. The van der Waals surface area contributed by atoms with E-state index in [1.165, 1.54) is 12.1 Å².